The average molecular weight is 498 g/mol. The molecule has 3 N–H and O–H groups in total. The summed E-state index contributed by atoms with van der Waals surface area (Å²) in [4.78, 5) is 28.6. The van der Waals surface area contributed by atoms with Crippen molar-refractivity contribution in [3.05, 3.63) is 37.9 Å². The first-order valence-electron chi connectivity index (χ1n) is 11.1. The topological polar surface area (TPSA) is 84.1 Å². The molecule has 1 aromatic rings. The molecule has 4 unspecified atom stereocenters. The van der Waals surface area contributed by atoms with Crippen LogP contribution in [-0.4, -0.2) is 52.0 Å². The number of hydrogen-bond acceptors (Lipinski definition) is 4. The first-order valence-corrected chi connectivity index (χ1v) is 11.1. The zero-order chi connectivity index (χ0) is 25.2. The van der Waals surface area contributed by atoms with Crippen LogP contribution in [0.25, 0.3) is 6.08 Å². The number of alkyl halides is 6. The molecule has 0 amide bonds. The monoisotopic (exact) mass is 498 g/mol. The summed E-state index contributed by atoms with van der Waals surface area (Å²) in [6.07, 6.45) is -9.49. The smallest absolute Gasteiger partial charge is 0.327 e. The van der Waals surface area contributed by atoms with E-state index in [1.165, 1.54) is 4.57 Å². The predicted octanol–water partition coefficient (Wildman–Crippen LogP) is 3.45. The Labute approximate surface area is 189 Å². The second-order valence-electron chi connectivity index (χ2n) is 9.50. The molecule has 2 fully saturated rings. The molecule has 2 aliphatic carbocycles. The number of rotatable bonds is 5. The number of aromatic amines is 1. The highest BCUT2D eigenvalue weighted by Gasteiger charge is 2.57. The maximum absolute atomic E-state index is 15.2. The van der Waals surface area contributed by atoms with E-state index in [2.05, 4.69) is 4.98 Å². The lowest BCUT2D eigenvalue weighted by atomic mass is 9.86. The molecular weight excluding hydrogens is 473 g/mol. The van der Waals surface area contributed by atoms with Crippen LogP contribution in [0.4, 0.5) is 30.7 Å². The molecule has 4 rings (SSSR count). The van der Waals surface area contributed by atoms with Gasteiger partial charge in [0.15, 0.2) is 5.92 Å². The lowest BCUT2D eigenvalue weighted by Crippen LogP contribution is -2.46. The minimum absolute atomic E-state index is 0.00600. The molecule has 0 aromatic carbocycles. The molecule has 190 valence electrons. The molecule has 1 aromatic heterocycles. The summed E-state index contributed by atoms with van der Waals surface area (Å²) in [5.74, 6) is -5.51. The Morgan fingerprint density at radius 2 is 1.74 bits per heavy atom. The van der Waals surface area contributed by atoms with Crippen LogP contribution in [0, 0.1) is 11.8 Å². The minimum atomic E-state index is -5.47. The minimum Gasteiger partial charge on any atom is -0.327 e. The Hall–Kier alpha value is -2.15. The fourth-order valence-electron chi connectivity index (χ4n) is 5.32. The van der Waals surface area contributed by atoms with E-state index in [0.717, 1.165) is 18.9 Å². The Kier molecular flexibility index (Phi) is 6.24. The third-order valence-corrected chi connectivity index (χ3v) is 7.15. The Bertz CT molecular complexity index is 1070. The van der Waals surface area contributed by atoms with Crippen molar-refractivity contribution >= 4 is 6.08 Å². The van der Waals surface area contributed by atoms with Crippen molar-refractivity contribution in [3.8, 4) is 0 Å². The zero-order valence-electron chi connectivity index (χ0n) is 18.2. The molecule has 1 saturated heterocycles. The predicted molar refractivity (Wildman–Crippen MR) is 109 cm³/mol. The van der Waals surface area contributed by atoms with Crippen LogP contribution in [0.2, 0.25) is 0 Å². The van der Waals surface area contributed by atoms with E-state index in [1.54, 1.807) is 11.8 Å². The van der Waals surface area contributed by atoms with Crippen molar-refractivity contribution < 1.29 is 30.7 Å². The average Bonchev–Trinajstić information content (AvgIpc) is 3.41. The van der Waals surface area contributed by atoms with Gasteiger partial charge in [0.25, 0.3) is 5.56 Å². The number of nitrogens with zero attached hydrogens (tertiary/aromatic N) is 2. The molecule has 0 spiro atoms. The highest BCUT2D eigenvalue weighted by atomic mass is 19.4. The highest BCUT2D eigenvalue weighted by molar-refractivity contribution is 5.59. The molecular formula is C21H25F7N4O2. The molecule has 0 bridgehead atoms. The van der Waals surface area contributed by atoms with Crippen LogP contribution in [0.3, 0.4) is 0 Å². The van der Waals surface area contributed by atoms with E-state index in [-0.39, 0.29) is 31.1 Å². The van der Waals surface area contributed by atoms with E-state index >= 15 is 4.39 Å². The van der Waals surface area contributed by atoms with Crippen molar-refractivity contribution in [2.24, 2.45) is 17.6 Å². The highest BCUT2D eigenvalue weighted by Crippen LogP contribution is 2.45. The normalized spacial score (nSPS) is 27.1. The van der Waals surface area contributed by atoms with Gasteiger partial charge in [-0.1, -0.05) is 6.92 Å². The van der Waals surface area contributed by atoms with E-state index in [1.807, 2.05) is 0 Å². The second kappa shape index (κ2) is 8.51. The van der Waals surface area contributed by atoms with Gasteiger partial charge in [-0.25, -0.2) is 9.18 Å². The third-order valence-electron chi connectivity index (χ3n) is 7.15. The van der Waals surface area contributed by atoms with Crippen LogP contribution in [-0.2, 0) is 0 Å². The van der Waals surface area contributed by atoms with Gasteiger partial charge in [-0.05, 0) is 44.2 Å². The van der Waals surface area contributed by atoms with Gasteiger partial charge in [0.2, 0.25) is 0 Å². The quantitative estimate of drug-likeness (QED) is 0.610. The van der Waals surface area contributed by atoms with Gasteiger partial charge < -0.3 is 5.73 Å². The summed E-state index contributed by atoms with van der Waals surface area (Å²) in [6, 6.07) is -2.39. The van der Waals surface area contributed by atoms with Crippen LogP contribution in [0.1, 0.15) is 55.8 Å². The van der Waals surface area contributed by atoms with Gasteiger partial charge in [0.05, 0.1) is 11.6 Å². The van der Waals surface area contributed by atoms with E-state index in [0.29, 0.717) is 5.69 Å². The molecule has 6 nitrogen and oxygen atoms in total. The summed E-state index contributed by atoms with van der Waals surface area (Å²) < 4.78 is 94.3. The van der Waals surface area contributed by atoms with Crippen molar-refractivity contribution in [1.29, 1.82) is 0 Å². The maximum atomic E-state index is 15.2. The van der Waals surface area contributed by atoms with Gasteiger partial charge in [-0.15, -0.1) is 0 Å². The number of nitrogens with one attached hydrogen (secondary N) is 1. The number of hydrogen-bond donors (Lipinski definition) is 2. The summed E-state index contributed by atoms with van der Waals surface area (Å²) in [5, 5.41) is 0. The molecule has 4 atom stereocenters. The molecule has 1 aliphatic heterocycles. The Balaban J connectivity index is 1.55. The van der Waals surface area contributed by atoms with E-state index < -0.39 is 65.7 Å². The fourth-order valence-corrected chi connectivity index (χ4v) is 5.32. The van der Waals surface area contributed by atoms with E-state index in [4.69, 9.17) is 5.73 Å². The molecule has 34 heavy (non-hydrogen) atoms. The zero-order valence-corrected chi connectivity index (χ0v) is 18.2. The Morgan fingerprint density at radius 1 is 1.12 bits per heavy atom. The lowest BCUT2D eigenvalue weighted by molar-refractivity contribution is -0.287. The maximum Gasteiger partial charge on any atom is 0.400 e. The van der Waals surface area contributed by atoms with Gasteiger partial charge >= 0.3 is 18.0 Å². The SMILES string of the molecule is CC1c2c(c(=O)[nH]c(=O)n2C2CC2)C=C(F)C1N1CCC(C(N)CC(C(F)(F)F)C(F)(F)F)C1. The fraction of sp³-hybridized carbons (Fsp3) is 0.714. The van der Waals surface area contributed by atoms with Crippen molar-refractivity contribution in [3.63, 3.8) is 0 Å². The summed E-state index contributed by atoms with van der Waals surface area (Å²) in [7, 11) is 0. The van der Waals surface area contributed by atoms with Crippen molar-refractivity contribution in [2.75, 3.05) is 13.1 Å². The van der Waals surface area contributed by atoms with Gasteiger partial charge in [0.1, 0.15) is 5.83 Å². The van der Waals surface area contributed by atoms with Crippen LogP contribution < -0.4 is 17.0 Å². The van der Waals surface area contributed by atoms with Gasteiger partial charge in [-0.2, -0.15) is 26.3 Å². The largest absolute Gasteiger partial charge is 0.400 e. The standard InChI is InChI=1S/C21H25F7N4O2/c1-9-16-12(18(33)30-19(34)32(16)11-2-3-11)6-13(22)17(9)31-5-4-10(8-31)14(29)7-15(20(23,24)25)21(26,27)28/h6,9-11,14-15,17H,2-5,7-8,29H2,1H3,(H,30,33,34). The Morgan fingerprint density at radius 3 is 2.29 bits per heavy atom. The summed E-state index contributed by atoms with van der Waals surface area (Å²) in [6.45, 7) is 1.88. The molecule has 3 aliphatic rings. The van der Waals surface area contributed by atoms with E-state index in [9.17, 15) is 35.9 Å². The van der Waals surface area contributed by atoms with Gasteiger partial charge in [0, 0.05) is 30.2 Å². The first-order chi connectivity index (χ1) is 15.7. The molecule has 0 radical (unpaired) electrons. The number of fused-ring (bicyclic) bond motifs is 1. The van der Waals surface area contributed by atoms with Crippen molar-refractivity contribution in [2.45, 2.75) is 69.0 Å². The van der Waals surface area contributed by atoms with Gasteiger partial charge in [-0.3, -0.25) is 19.2 Å². The molecule has 1 saturated carbocycles. The van der Waals surface area contributed by atoms with Crippen LogP contribution in [0.15, 0.2) is 15.4 Å². The molecule has 13 heteroatoms. The number of H-pyrrole nitrogens is 1. The number of nitrogens with two attached hydrogens (primary N) is 1. The number of likely N-dealkylation sites (tertiary alicyclic amines) is 1. The molecule has 2 heterocycles. The van der Waals surface area contributed by atoms with Crippen LogP contribution >= 0.6 is 0 Å². The number of halogens is 7. The summed E-state index contributed by atoms with van der Waals surface area (Å²) >= 11 is 0. The number of aromatic nitrogens is 2. The lowest BCUT2D eigenvalue weighted by Gasteiger charge is -2.36. The second-order valence-corrected chi connectivity index (χ2v) is 9.50. The van der Waals surface area contributed by atoms with Crippen LogP contribution in [0.5, 0.6) is 0 Å². The first kappa shape index (κ1) is 25.0. The van der Waals surface area contributed by atoms with Crippen molar-refractivity contribution in [1.82, 2.24) is 14.5 Å². The third kappa shape index (κ3) is 4.56. The summed E-state index contributed by atoms with van der Waals surface area (Å²) in [5.41, 5.74) is 4.96.